The molecule has 3 aromatic rings. The molecule has 5 rings (SSSR count). The summed E-state index contributed by atoms with van der Waals surface area (Å²) in [5, 5.41) is 19.4. The average Bonchev–Trinajstić information content (AvgIpc) is 3.47. The van der Waals surface area contributed by atoms with Crippen LogP contribution in [-0.4, -0.2) is 34.0 Å². The topological polar surface area (TPSA) is 76.4 Å². The fourth-order valence-electron chi connectivity index (χ4n) is 6.79. The molecule has 4 unspecified atom stereocenters. The highest BCUT2D eigenvalue weighted by atomic mass is 16.5. The third-order valence-corrected chi connectivity index (χ3v) is 9.16. The van der Waals surface area contributed by atoms with Crippen molar-refractivity contribution in [2.24, 2.45) is 11.8 Å². The van der Waals surface area contributed by atoms with Crippen molar-refractivity contribution in [3.63, 3.8) is 0 Å². The number of carbonyl (C=O) groups is 1. The van der Waals surface area contributed by atoms with Crippen molar-refractivity contribution in [2.45, 2.75) is 96.2 Å². The Morgan fingerprint density at radius 3 is 2.52 bits per heavy atom. The number of aliphatic hydroxyl groups excluding tert-OH is 1. The van der Waals surface area contributed by atoms with Gasteiger partial charge in [0, 0.05) is 29.6 Å². The molecule has 4 atom stereocenters. The van der Waals surface area contributed by atoms with Crippen LogP contribution in [0.15, 0.2) is 54.9 Å². The molecule has 1 aromatic heterocycles. The van der Waals surface area contributed by atoms with Gasteiger partial charge in [-0.15, -0.1) is 0 Å². The number of amides is 1. The third-order valence-electron chi connectivity index (χ3n) is 9.16. The number of carbonyl (C=O) groups excluding carboxylic acids is 1. The van der Waals surface area contributed by atoms with Gasteiger partial charge >= 0.3 is 0 Å². The van der Waals surface area contributed by atoms with Crippen molar-refractivity contribution in [1.29, 1.82) is 0 Å². The Hall–Kier alpha value is -3.12. The highest BCUT2D eigenvalue weighted by Crippen LogP contribution is 2.43. The smallest absolute Gasteiger partial charge is 0.223 e. The monoisotopic (exact) mass is 543 g/mol. The molecule has 2 N–H and O–H groups in total. The van der Waals surface area contributed by atoms with E-state index in [9.17, 15) is 9.90 Å². The Morgan fingerprint density at radius 2 is 1.85 bits per heavy atom. The summed E-state index contributed by atoms with van der Waals surface area (Å²) >= 11 is 0. The number of nitrogens with one attached hydrogen (secondary N) is 1. The average molecular weight is 544 g/mol. The van der Waals surface area contributed by atoms with Crippen molar-refractivity contribution < 1.29 is 14.6 Å². The minimum atomic E-state index is -0.465. The molecule has 6 nitrogen and oxygen atoms in total. The van der Waals surface area contributed by atoms with Crippen LogP contribution >= 0.6 is 0 Å². The zero-order chi connectivity index (χ0) is 28.2. The van der Waals surface area contributed by atoms with Gasteiger partial charge < -0.3 is 15.2 Å². The lowest BCUT2D eigenvalue weighted by atomic mass is 9.72. The van der Waals surface area contributed by atoms with E-state index in [-0.39, 0.29) is 29.7 Å². The summed E-state index contributed by atoms with van der Waals surface area (Å²) in [5.41, 5.74) is 5.53. The van der Waals surface area contributed by atoms with Gasteiger partial charge in [-0.3, -0.25) is 9.48 Å². The number of nitrogens with zero attached hydrogens (tertiary/aromatic N) is 2. The van der Waals surface area contributed by atoms with Gasteiger partial charge in [0.05, 0.1) is 25.5 Å². The zero-order valence-electron chi connectivity index (χ0n) is 24.5. The SMILES string of the molecule is COc1ccc(C2CCC(C(NC(=O)C3CCCCC3)c3cccc(-c4cnn(C(C)C)c4)c3)CC2O)cc1C. The Kier molecular flexibility index (Phi) is 8.94. The van der Waals surface area contributed by atoms with E-state index in [1.54, 1.807) is 7.11 Å². The number of methoxy groups -OCH3 is 1. The maximum Gasteiger partial charge on any atom is 0.223 e. The fourth-order valence-corrected chi connectivity index (χ4v) is 6.79. The molecule has 1 amide bonds. The number of hydrogen-bond donors (Lipinski definition) is 2. The predicted molar refractivity (Wildman–Crippen MR) is 159 cm³/mol. The molecule has 1 heterocycles. The largest absolute Gasteiger partial charge is 0.496 e. The second-order valence-electron chi connectivity index (χ2n) is 12.2. The first-order chi connectivity index (χ1) is 19.3. The van der Waals surface area contributed by atoms with Crippen molar-refractivity contribution in [3.8, 4) is 16.9 Å². The molecule has 6 heteroatoms. The Bertz CT molecular complexity index is 1290. The maximum absolute atomic E-state index is 13.5. The van der Waals surface area contributed by atoms with Gasteiger partial charge in [0.1, 0.15) is 5.75 Å². The van der Waals surface area contributed by atoms with Crippen LogP contribution in [0.1, 0.15) is 99.9 Å². The summed E-state index contributed by atoms with van der Waals surface area (Å²) in [6.45, 7) is 6.30. The molecule has 2 aliphatic rings. The number of aliphatic hydroxyl groups is 1. The van der Waals surface area contributed by atoms with E-state index in [1.165, 1.54) is 6.42 Å². The van der Waals surface area contributed by atoms with Crippen LogP contribution < -0.4 is 10.1 Å². The molecule has 214 valence electrons. The number of hydrogen-bond acceptors (Lipinski definition) is 4. The van der Waals surface area contributed by atoms with Crippen LogP contribution in [0.25, 0.3) is 11.1 Å². The fraction of sp³-hybridized carbons (Fsp3) is 0.529. The molecule has 0 radical (unpaired) electrons. The molecule has 0 aliphatic heterocycles. The van der Waals surface area contributed by atoms with Crippen molar-refractivity contribution in [2.75, 3.05) is 7.11 Å². The number of aromatic nitrogens is 2. The van der Waals surface area contributed by atoms with Crippen molar-refractivity contribution in [3.05, 3.63) is 71.5 Å². The highest BCUT2D eigenvalue weighted by Gasteiger charge is 2.36. The molecule has 40 heavy (non-hydrogen) atoms. The van der Waals surface area contributed by atoms with Crippen LogP contribution in [0.5, 0.6) is 5.75 Å². The first-order valence-corrected chi connectivity index (χ1v) is 15.1. The Morgan fingerprint density at radius 1 is 1.05 bits per heavy atom. The summed E-state index contributed by atoms with van der Waals surface area (Å²) in [4.78, 5) is 13.5. The van der Waals surface area contributed by atoms with Gasteiger partial charge in [-0.25, -0.2) is 0 Å². The lowest BCUT2D eigenvalue weighted by Crippen LogP contribution is -2.41. The quantitative estimate of drug-likeness (QED) is 0.317. The molecule has 2 saturated carbocycles. The summed E-state index contributed by atoms with van der Waals surface area (Å²) in [7, 11) is 1.69. The summed E-state index contributed by atoms with van der Waals surface area (Å²) < 4.78 is 7.42. The summed E-state index contributed by atoms with van der Waals surface area (Å²) in [6, 6.07) is 14.9. The molecule has 0 spiro atoms. The van der Waals surface area contributed by atoms with E-state index in [4.69, 9.17) is 4.74 Å². The zero-order valence-corrected chi connectivity index (χ0v) is 24.5. The number of aryl methyl sites for hydroxylation is 1. The van der Waals surface area contributed by atoms with Crippen LogP contribution in [-0.2, 0) is 4.79 Å². The molecule has 0 bridgehead atoms. The summed E-state index contributed by atoms with van der Waals surface area (Å²) in [5.74, 6) is 1.38. The van der Waals surface area contributed by atoms with Crippen molar-refractivity contribution >= 4 is 5.91 Å². The molecule has 0 saturated heterocycles. The summed E-state index contributed by atoms with van der Waals surface area (Å²) in [6.07, 6.45) is 11.4. The lowest BCUT2D eigenvalue weighted by molar-refractivity contribution is -0.127. The predicted octanol–water partition coefficient (Wildman–Crippen LogP) is 7.13. The first kappa shape index (κ1) is 28.4. The van der Waals surface area contributed by atoms with Gasteiger partial charge in [0.15, 0.2) is 0 Å². The highest BCUT2D eigenvalue weighted by molar-refractivity contribution is 5.79. The van der Waals surface area contributed by atoms with Gasteiger partial charge in [-0.2, -0.15) is 5.10 Å². The maximum atomic E-state index is 13.5. The second-order valence-corrected chi connectivity index (χ2v) is 12.2. The molecule has 2 aliphatic carbocycles. The number of ether oxygens (including phenoxy) is 1. The van der Waals surface area contributed by atoms with Gasteiger partial charge in [0.2, 0.25) is 5.91 Å². The molecular formula is C34H45N3O3. The number of rotatable bonds is 8. The van der Waals surface area contributed by atoms with E-state index in [0.29, 0.717) is 12.5 Å². The molecule has 2 aromatic carbocycles. The number of benzene rings is 2. The second kappa shape index (κ2) is 12.6. The van der Waals surface area contributed by atoms with Crippen LogP contribution in [0.3, 0.4) is 0 Å². The van der Waals surface area contributed by atoms with Crippen LogP contribution in [0.2, 0.25) is 0 Å². The Labute approximate surface area is 239 Å². The third kappa shape index (κ3) is 6.27. The van der Waals surface area contributed by atoms with E-state index in [1.807, 2.05) is 16.9 Å². The minimum absolute atomic E-state index is 0.0868. The lowest BCUT2D eigenvalue weighted by Gasteiger charge is -2.38. The molecular weight excluding hydrogens is 498 g/mol. The van der Waals surface area contributed by atoms with Gasteiger partial charge in [-0.1, -0.05) is 49.6 Å². The first-order valence-electron chi connectivity index (χ1n) is 15.1. The van der Waals surface area contributed by atoms with Crippen LogP contribution in [0.4, 0.5) is 0 Å². The van der Waals surface area contributed by atoms with Gasteiger partial charge in [-0.05, 0) is 93.2 Å². The Balaban J connectivity index is 1.40. The van der Waals surface area contributed by atoms with Crippen LogP contribution in [0, 0.1) is 18.8 Å². The van der Waals surface area contributed by atoms with E-state index in [0.717, 1.165) is 72.1 Å². The normalized spacial score (nSPS) is 22.7. The van der Waals surface area contributed by atoms with E-state index in [2.05, 4.69) is 73.8 Å². The van der Waals surface area contributed by atoms with E-state index < -0.39 is 6.10 Å². The van der Waals surface area contributed by atoms with Gasteiger partial charge in [0.25, 0.3) is 0 Å². The van der Waals surface area contributed by atoms with E-state index >= 15 is 0 Å². The standard InChI is InChI=1S/C34H45N3O3/c1-22(2)37-21-29(20-35-37)25-11-8-12-27(18-25)33(36-34(39)24-9-6-5-7-10-24)28-13-15-30(31(38)19-28)26-14-16-32(40-4)23(3)17-26/h8,11-12,14,16-18,20-22,24,28,30-31,33,38H,5-7,9-10,13,15,19H2,1-4H3,(H,36,39). The minimum Gasteiger partial charge on any atom is -0.496 e. The molecule has 2 fully saturated rings. The van der Waals surface area contributed by atoms with Crippen molar-refractivity contribution in [1.82, 2.24) is 15.1 Å².